The standard InChI is InChI=1S/C15H23N3OS/c1-3-12-10-18(7-8-20-12)14-9-11(5-6-13(14)16)15(19)17-4-2/h5-6,9,12H,3-4,7-8,10,16H2,1-2H3,(H,17,19). The number of nitrogens with one attached hydrogen (secondary N) is 1. The van der Waals surface area contributed by atoms with Crippen LogP contribution in [0.5, 0.6) is 0 Å². The third-order valence-electron chi connectivity index (χ3n) is 3.56. The average Bonchev–Trinajstić information content (AvgIpc) is 2.48. The Morgan fingerprint density at radius 2 is 2.30 bits per heavy atom. The van der Waals surface area contributed by atoms with Gasteiger partial charge in [0.1, 0.15) is 0 Å². The highest BCUT2D eigenvalue weighted by atomic mass is 32.2. The maximum absolute atomic E-state index is 11.9. The second-order valence-electron chi connectivity index (χ2n) is 4.98. The van der Waals surface area contributed by atoms with Crippen LogP contribution in [0.25, 0.3) is 0 Å². The summed E-state index contributed by atoms with van der Waals surface area (Å²) in [5, 5.41) is 3.48. The number of hydrogen-bond acceptors (Lipinski definition) is 4. The smallest absolute Gasteiger partial charge is 0.251 e. The molecule has 0 radical (unpaired) electrons. The van der Waals surface area contributed by atoms with Gasteiger partial charge in [0.05, 0.1) is 11.4 Å². The van der Waals surface area contributed by atoms with Gasteiger partial charge in [-0.3, -0.25) is 4.79 Å². The summed E-state index contributed by atoms with van der Waals surface area (Å²) in [6, 6.07) is 5.55. The normalized spacial score (nSPS) is 18.9. The molecule has 0 aromatic heterocycles. The number of nitrogen functional groups attached to an aromatic ring is 1. The number of carbonyl (C=O) groups is 1. The van der Waals surface area contributed by atoms with Gasteiger partial charge in [-0.2, -0.15) is 11.8 Å². The lowest BCUT2D eigenvalue weighted by Gasteiger charge is -2.34. The fraction of sp³-hybridized carbons (Fsp3) is 0.533. The van der Waals surface area contributed by atoms with Gasteiger partial charge < -0.3 is 16.0 Å². The first-order valence-corrected chi connectivity index (χ1v) is 8.24. The van der Waals surface area contributed by atoms with E-state index in [1.165, 1.54) is 0 Å². The Kier molecular flexibility index (Phi) is 5.17. The molecule has 1 aromatic carbocycles. The molecule has 1 aromatic rings. The van der Waals surface area contributed by atoms with Crippen molar-refractivity contribution in [2.75, 3.05) is 36.0 Å². The molecule has 4 nitrogen and oxygen atoms in total. The lowest BCUT2D eigenvalue weighted by atomic mass is 10.1. The first kappa shape index (κ1) is 15.0. The highest BCUT2D eigenvalue weighted by Crippen LogP contribution is 2.30. The van der Waals surface area contributed by atoms with Gasteiger partial charge in [0.25, 0.3) is 5.91 Å². The highest BCUT2D eigenvalue weighted by Gasteiger charge is 2.21. The van der Waals surface area contributed by atoms with E-state index in [0.717, 1.165) is 36.6 Å². The summed E-state index contributed by atoms with van der Waals surface area (Å²) >= 11 is 2.02. The fourth-order valence-corrected chi connectivity index (χ4v) is 3.59. The predicted octanol–water partition coefficient (Wildman–Crippen LogP) is 2.35. The first-order chi connectivity index (χ1) is 9.65. The highest BCUT2D eigenvalue weighted by molar-refractivity contribution is 8.00. The molecule has 5 heteroatoms. The van der Waals surface area contributed by atoms with E-state index in [0.29, 0.717) is 17.4 Å². The third-order valence-corrected chi connectivity index (χ3v) is 4.94. The van der Waals surface area contributed by atoms with Crippen molar-refractivity contribution in [3.8, 4) is 0 Å². The molecule has 1 unspecified atom stereocenters. The van der Waals surface area contributed by atoms with E-state index in [-0.39, 0.29) is 5.91 Å². The first-order valence-electron chi connectivity index (χ1n) is 7.20. The predicted molar refractivity (Wildman–Crippen MR) is 87.6 cm³/mol. The largest absolute Gasteiger partial charge is 0.397 e. The van der Waals surface area contributed by atoms with Gasteiger partial charge in [0.2, 0.25) is 0 Å². The topological polar surface area (TPSA) is 58.4 Å². The van der Waals surface area contributed by atoms with Gasteiger partial charge in [-0.25, -0.2) is 0 Å². The minimum absolute atomic E-state index is 0.0350. The molecule has 0 bridgehead atoms. The van der Waals surface area contributed by atoms with Crippen LogP contribution in [0.3, 0.4) is 0 Å². The lowest BCUT2D eigenvalue weighted by Crippen LogP contribution is -2.38. The molecule has 1 aliphatic heterocycles. The zero-order valence-corrected chi connectivity index (χ0v) is 13.0. The molecule has 0 saturated carbocycles. The van der Waals surface area contributed by atoms with Crippen LogP contribution < -0.4 is 16.0 Å². The van der Waals surface area contributed by atoms with Crippen LogP contribution in [0.2, 0.25) is 0 Å². The van der Waals surface area contributed by atoms with Crippen molar-refractivity contribution >= 4 is 29.0 Å². The summed E-state index contributed by atoms with van der Waals surface area (Å²) in [4.78, 5) is 14.2. The average molecular weight is 293 g/mol. The molecule has 20 heavy (non-hydrogen) atoms. The van der Waals surface area contributed by atoms with Gasteiger partial charge in [0, 0.05) is 36.2 Å². The molecule has 0 spiro atoms. The number of hydrogen-bond donors (Lipinski definition) is 2. The van der Waals surface area contributed by atoms with E-state index in [1.54, 1.807) is 6.07 Å². The summed E-state index contributed by atoms with van der Waals surface area (Å²) in [5.74, 6) is 1.08. The minimum Gasteiger partial charge on any atom is -0.397 e. The molecule has 110 valence electrons. The van der Waals surface area contributed by atoms with Crippen molar-refractivity contribution in [3.05, 3.63) is 23.8 Å². The second-order valence-corrected chi connectivity index (χ2v) is 6.39. The van der Waals surface area contributed by atoms with Gasteiger partial charge >= 0.3 is 0 Å². The van der Waals surface area contributed by atoms with Crippen molar-refractivity contribution in [1.82, 2.24) is 5.32 Å². The third kappa shape index (κ3) is 3.39. The molecular weight excluding hydrogens is 270 g/mol. The number of rotatable bonds is 4. The second kappa shape index (κ2) is 6.88. The lowest BCUT2D eigenvalue weighted by molar-refractivity contribution is 0.0956. The number of anilines is 2. The number of amides is 1. The van der Waals surface area contributed by atoms with Gasteiger partial charge in [-0.05, 0) is 31.5 Å². The molecule has 0 aliphatic carbocycles. The SMILES string of the molecule is CCNC(=O)c1ccc(N)c(N2CCSC(CC)C2)c1. The number of carbonyl (C=O) groups excluding carboxylic acids is 1. The molecule has 1 atom stereocenters. The van der Waals surface area contributed by atoms with Crippen molar-refractivity contribution < 1.29 is 4.79 Å². The Morgan fingerprint density at radius 1 is 1.50 bits per heavy atom. The summed E-state index contributed by atoms with van der Waals surface area (Å²) < 4.78 is 0. The molecular formula is C15H23N3OS. The number of thioether (sulfide) groups is 1. The van der Waals surface area contributed by atoms with Gasteiger partial charge in [-0.1, -0.05) is 6.92 Å². The van der Waals surface area contributed by atoms with E-state index < -0.39 is 0 Å². The van der Waals surface area contributed by atoms with E-state index in [4.69, 9.17) is 5.73 Å². The monoisotopic (exact) mass is 293 g/mol. The van der Waals surface area contributed by atoms with Crippen LogP contribution in [0.1, 0.15) is 30.6 Å². The molecule has 1 heterocycles. The van der Waals surface area contributed by atoms with E-state index in [1.807, 2.05) is 30.8 Å². The maximum atomic E-state index is 11.9. The summed E-state index contributed by atoms with van der Waals surface area (Å²) in [5.41, 5.74) is 8.53. The quantitative estimate of drug-likeness (QED) is 0.837. The Bertz CT molecular complexity index is 478. The fourth-order valence-electron chi connectivity index (χ4n) is 2.41. The van der Waals surface area contributed by atoms with Gasteiger partial charge in [-0.15, -0.1) is 0 Å². The van der Waals surface area contributed by atoms with Crippen LogP contribution in [0.4, 0.5) is 11.4 Å². The minimum atomic E-state index is -0.0350. The Hall–Kier alpha value is -1.36. The van der Waals surface area contributed by atoms with E-state index in [9.17, 15) is 4.79 Å². The van der Waals surface area contributed by atoms with Crippen molar-refractivity contribution in [3.63, 3.8) is 0 Å². The Morgan fingerprint density at radius 3 is 3.00 bits per heavy atom. The Balaban J connectivity index is 2.21. The summed E-state index contributed by atoms with van der Waals surface area (Å²) in [6.07, 6.45) is 1.16. The summed E-state index contributed by atoms with van der Waals surface area (Å²) in [7, 11) is 0. The van der Waals surface area contributed by atoms with Crippen molar-refractivity contribution in [2.24, 2.45) is 0 Å². The molecule has 2 rings (SSSR count). The van der Waals surface area contributed by atoms with Crippen LogP contribution in [0.15, 0.2) is 18.2 Å². The van der Waals surface area contributed by atoms with Crippen LogP contribution >= 0.6 is 11.8 Å². The molecule has 1 amide bonds. The molecule has 1 saturated heterocycles. The number of benzene rings is 1. The number of nitrogens with zero attached hydrogens (tertiary/aromatic N) is 1. The van der Waals surface area contributed by atoms with Crippen LogP contribution in [-0.4, -0.2) is 36.5 Å². The zero-order valence-electron chi connectivity index (χ0n) is 12.2. The molecule has 1 aliphatic rings. The molecule has 1 fully saturated rings. The van der Waals surface area contributed by atoms with E-state index in [2.05, 4.69) is 17.1 Å². The van der Waals surface area contributed by atoms with Crippen LogP contribution in [-0.2, 0) is 0 Å². The Labute approximate surface area is 125 Å². The maximum Gasteiger partial charge on any atom is 0.251 e. The van der Waals surface area contributed by atoms with Gasteiger partial charge in [0.15, 0.2) is 0 Å². The number of nitrogens with two attached hydrogens (primary N) is 1. The summed E-state index contributed by atoms with van der Waals surface area (Å²) in [6.45, 7) is 6.77. The van der Waals surface area contributed by atoms with Crippen LogP contribution in [0, 0.1) is 0 Å². The molecule has 3 N–H and O–H groups in total. The van der Waals surface area contributed by atoms with Crippen molar-refractivity contribution in [1.29, 1.82) is 0 Å². The van der Waals surface area contributed by atoms with Crippen molar-refractivity contribution in [2.45, 2.75) is 25.5 Å². The van der Waals surface area contributed by atoms with E-state index >= 15 is 0 Å². The zero-order chi connectivity index (χ0) is 14.5.